The average molecular weight is 250 g/mol. The first kappa shape index (κ1) is 13.1. The lowest BCUT2D eigenvalue weighted by Crippen LogP contribution is -2.23. The van der Waals surface area contributed by atoms with Crippen LogP contribution in [-0.4, -0.2) is 16.8 Å². The van der Waals surface area contributed by atoms with E-state index >= 15 is 0 Å². The van der Waals surface area contributed by atoms with Gasteiger partial charge in [0.2, 0.25) is 0 Å². The highest BCUT2D eigenvalue weighted by Crippen LogP contribution is 2.06. The van der Waals surface area contributed by atoms with Crippen molar-refractivity contribution in [3.05, 3.63) is 42.0 Å². The summed E-state index contributed by atoms with van der Waals surface area (Å²) in [5.74, 6) is -0.525. The molecule has 0 aromatic heterocycles. The van der Waals surface area contributed by atoms with Crippen molar-refractivity contribution in [2.24, 2.45) is 0 Å². The van der Waals surface area contributed by atoms with Crippen LogP contribution in [0.2, 0.25) is 0 Å². The van der Waals surface area contributed by atoms with Crippen LogP contribution in [0.4, 0.5) is 5.69 Å². The summed E-state index contributed by atoms with van der Waals surface area (Å²) in [7, 11) is 0. The summed E-state index contributed by atoms with van der Waals surface area (Å²) in [6.07, 6.45) is 1.26. The van der Waals surface area contributed by atoms with Crippen LogP contribution in [0.1, 0.15) is 6.92 Å². The Labute approximate surface area is 104 Å². The van der Waals surface area contributed by atoms with Crippen LogP contribution in [0, 0.1) is 10.8 Å². The first-order valence-electron chi connectivity index (χ1n) is 4.88. The zero-order valence-corrected chi connectivity index (χ0v) is 10.0. The third kappa shape index (κ3) is 4.20. The van der Waals surface area contributed by atoms with E-state index in [4.69, 9.17) is 22.4 Å². The Hall–Kier alpha value is -1.94. The number of carbonyl (C=O) groups is 1. The topological polar surface area (TPSA) is 76.8 Å². The fourth-order valence-electron chi connectivity index (χ4n) is 1.16. The van der Waals surface area contributed by atoms with Gasteiger partial charge in [0.1, 0.15) is 10.9 Å². The first-order chi connectivity index (χ1) is 8.00. The minimum atomic E-state index is -0.525. The van der Waals surface area contributed by atoms with Crippen LogP contribution >= 0.6 is 11.6 Å². The molecule has 0 spiro atoms. The molecule has 88 valence electrons. The Morgan fingerprint density at radius 2 is 1.88 bits per heavy atom. The maximum Gasteiger partial charge on any atom is 0.273 e. The molecule has 0 radical (unpaired) electrons. The zero-order valence-electron chi connectivity index (χ0n) is 9.25. The minimum Gasteiger partial charge on any atom is -0.321 e. The Kier molecular flexibility index (Phi) is 4.60. The fraction of sp³-hybridized carbons (Fsp3) is 0.0833. The van der Waals surface area contributed by atoms with Gasteiger partial charge in [-0.25, -0.2) is 0 Å². The molecule has 3 N–H and O–H groups in total. The van der Waals surface area contributed by atoms with Gasteiger partial charge in [0.25, 0.3) is 5.91 Å². The van der Waals surface area contributed by atoms with Gasteiger partial charge in [-0.2, -0.15) is 0 Å². The van der Waals surface area contributed by atoms with Gasteiger partial charge in [0, 0.05) is 5.69 Å². The van der Waals surface area contributed by atoms with Gasteiger partial charge in [-0.15, -0.1) is 0 Å². The quantitative estimate of drug-likeness (QED) is 0.705. The molecule has 0 aliphatic carbocycles. The van der Waals surface area contributed by atoms with Gasteiger partial charge in [0.15, 0.2) is 0 Å². The van der Waals surface area contributed by atoms with E-state index in [1.165, 1.54) is 6.08 Å². The van der Waals surface area contributed by atoms with Crippen molar-refractivity contribution in [3.8, 4) is 0 Å². The van der Waals surface area contributed by atoms with E-state index in [1.54, 1.807) is 31.2 Å². The second-order valence-electron chi connectivity index (χ2n) is 3.37. The largest absolute Gasteiger partial charge is 0.321 e. The average Bonchev–Trinajstić information content (AvgIpc) is 2.28. The predicted molar refractivity (Wildman–Crippen MR) is 70.1 cm³/mol. The van der Waals surface area contributed by atoms with Crippen LogP contribution < -0.4 is 5.32 Å². The number of anilines is 1. The molecule has 1 rings (SSSR count). The monoisotopic (exact) mass is 249 g/mol. The Morgan fingerprint density at radius 1 is 1.29 bits per heavy atom. The number of benzene rings is 1. The summed E-state index contributed by atoms with van der Waals surface area (Å²) < 4.78 is 0. The van der Waals surface area contributed by atoms with Gasteiger partial charge in [0.05, 0.1) is 0 Å². The van der Waals surface area contributed by atoms with E-state index in [0.29, 0.717) is 11.3 Å². The molecule has 1 amide bonds. The summed E-state index contributed by atoms with van der Waals surface area (Å²) in [5.41, 5.74) is 0.758. The fourth-order valence-corrected chi connectivity index (χ4v) is 1.32. The van der Waals surface area contributed by atoms with Crippen molar-refractivity contribution in [1.29, 1.82) is 10.8 Å². The standard InChI is InChI=1S/C12H12ClN3O/c1-8(7-10(13)14)11(15)12(17)16-9-5-3-2-4-6-9/h2-7,14-15H,1H3,(H,16,17)/b8-7-,14-10?,15-11?. The maximum absolute atomic E-state index is 11.6. The summed E-state index contributed by atoms with van der Waals surface area (Å²) in [4.78, 5) is 11.6. The molecule has 0 bridgehead atoms. The molecule has 0 saturated carbocycles. The number of halogens is 1. The number of amides is 1. The Morgan fingerprint density at radius 3 is 2.41 bits per heavy atom. The smallest absolute Gasteiger partial charge is 0.273 e. The molecule has 0 aliphatic heterocycles. The number of carbonyl (C=O) groups excluding carboxylic acids is 1. The molecule has 0 atom stereocenters. The van der Waals surface area contributed by atoms with Crippen molar-refractivity contribution in [2.75, 3.05) is 5.32 Å². The van der Waals surface area contributed by atoms with E-state index in [0.717, 1.165) is 0 Å². The number of hydrogen-bond donors (Lipinski definition) is 3. The molecular formula is C12H12ClN3O. The number of rotatable bonds is 4. The molecule has 17 heavy (non-hydrogen) atoms. The van der Waals surface area contributed by atoms with Crippen LogP contribution in [0.3, 0.4) is 0 Å². The molecule has 1 aromatic rings. The second kappa shape index (κ2) is 5.96. The molecule has 0 aliphatic rings. The van der Waals surface area contributed by atoms with Crippen molar-refractivity contribution in [1.82, 2.24) is 0 Å². The van der Waals surface area contributed by atoms with E-state index < -0.39 is 5.91 Å². The van der Waals surface area contributed by atoms with Crippen molar-refractivity contribution >= 4 is 34.1 Å². The lowest BCUT2D eigenvalue weighted by molar-refractivity contribution is -0.110. The predicted octanol–water partition coefficient (Wildman–Crippen LogP) is 2.81. The summed E-state index contributed by atoms with van der Waals surface area (Å²) in [6.45, 7) is 1.56. The number of hydrogen-bond acceptors (Lipinski definition) is 3. The van der Waals surface area contributed by atoms with Gasteiger partial charge >= 0.3 is 0 Å². The maximum atomic E-state index is 11.6. The number of para-hydroxylation sites is 1. The summed E-state index contributed by atoms with van der Waals surface area (Å²) >= 11 is 5.36. The Balaban J connectivity index is 2.72. The van der Waals surface area contributed by atoms with Crippen molar-refractivity contribution < 1.29 is 4.79 Å². The van der Waals surface area contributed by atoms with Gasteiger partial charge in [-0.1, -0.05) is 29.8 Å². The normalized spacial score (nSPS) is 10.8. The minimum absolute atomic E-state index is 0.209. The van der Waals surface area contributed by atoms with E-state index in [9.17, 15) is 4.79 Å². The molecule has 1 aromatic carbocycles. The van der Waals surface area contributed by atoms with Crippen LogP contribution in [0.25, 0.3) is 0 Å². The van der Waals surface area contributed by atoms with Crippen LogP contribution in [-0.2, 0) is 4.79 Å². The van der Waals surface area contributed by atoms with Crippen molar-refractivity contribution in [3.63, 3.8) is 0 Å². The third-order valence-corrected chi connectivity index (χ3v) is 2.11. The summed E-state index contributed by atoms with van der Waals surface area (Å²) in [5, 5.41) is 17.0. The Bertz CT molecular complexity index is 480. The molecule has 0 heterocycles. The molecule has 4 nitrogen and oxygen atoms in total. The molecule has 0 unspecified atom stereocenters. The lowest BCUT2D eigenvalue weighted by Gasteiger charge is -2.06. The highest BCUT2D eigenvalue weighted by Gasteiger charge is 2.11. The van der Waals surface area contributed by atoms with Gasteiger partial charge in [-0.3, -0.25) is 15.6 Å². The molecule has 0 fully saturated rings. The molecular weight excluding hydrogens is 238 g/mol. The third-order valence-electron chi connectivity index (χ3n) is 2.00. The van der Waals surface area contributed by atoms with E-state index in [-0.39, 0.29) is 10.9 Å². The number of nitrogens with one attached hydrogen (secondary N) is 3. The first-order valence-corrected chi connectivity index (χ1v) is 5.26. The van der Waals surface area contributed by atoms with E-state index in [1.807, 2.05) is 6.07 Å². The van der Waals surface area contributed by atoms with Gasteiger partial charge in [-0.05, 0) is 30.7 Å². The van der Waals surface area contributed by atoms with Gasteiger partial charge < -0.3 is 5.32 Å². The highest BCUT2D eigenvalue weighted by molar-refractivity contribution is 6.68. The summed E-state index contributed by atoms with van der Waals surface area (Å²) in [6, 6.07) is 8.87. The van der Waals surface area contributed by atoms with Crippen molar-refractivity contribution in [2.45, 2.75) is 6.92 Å². The molecule has 5 heteroatoms. The molecule has 0 saturated heterocycles. The zero-order chi connectivity index (χ0) is 12.8. The van der Waals surface area contributed by atoms with E-state index in [2.05, 4.69) is 5.32 Å². The second-order valence-corrected chi connectivity index (χ2v) is 3.78. The van der Waals surface area contributed by atoms with Crippen LogP contribution in [0.5, 0.6) is 0 Å². The number of allylic oxidation sites excluding steroid dienone is 1. The lowest BCUT2D eigenvalue weighted by atomic mass is 10.1. The SMILES string of the molecule is C/C(=C/C(=N)Cl)C(=N)C(=O)Nc1ccccc1. The highest BCUT2D eigenvalue weighted by atomic mass is 35.5. The van der Waals surface area contributed by atoms with Crippen LogP contribution in [0.15, 0.2) is 42.0 Å².